The van der Waals surface area contributed by atoms with Crippen LogP contribution in [0.5, 0.6) is 0 Å². The maximum atomic E-state index is 12.1. The highest BCUT2D eigenvalue weighted by Gasteiger charge is 2.37. The molecule has 1 aliphatic rings. The molecule has 16 heavy (non-hydrogen) atoms. The Morgan fingerprint density at radius 1 is 1.56 bits per heavy atom. The van der Waals surface area contributed by atoms with Crippen LogP contribution in [-0.2, 0) is 0 Å². The third-order valence-electron chi connectivity index (χ3n) is 2.71. The molecule has 1 atom stereocenters. The van der Waals surface area contributed by atoms with Crippen LogP contribution in [0.1, 0.15) is 35.3 Å². The van der Waals surface area contributed by atoms with Crippen LogP contribution in [0.4, 0.5) is 0 Å². The quantitative estimate of drug-likeness (QED) is 0.790. The molecule has 0 saturated heterocycles. The summed E-state index contributed by atoms with van der Waals surface area (Å²) in [5.41, 5.74) is 1.22. The van der Waals surface area contributed by atoms with Gasteiger partial charge in [-0.1, -0.05) is 30.7 Å². The molecule has 1 aromatic carbocycles. The predicted molar refractivity (Wildman–Crippen MR) is 61.1 cm³/mol. The van der Waals surface area contributed by atoms with E-state index in [9.17, 15) is 4.79 Å². The lowest BCUT2D eigenvalue weighted by molar-refractivity contribution is 0.0758. The lowest BCUT2D eigenvalue weighted by Crippen LogP contribution is -2.28. The first-order valence-corrected chi connectivity index (χ1v) is 5.57. The van der Waals surface area contributed by atoms with Crippen molar-refractivity contribution < 1.29 is 4.79 Å². The van der Waals surface area contributed by atoms with Crippen molar-refractivity contribution in [3.8, 4) is 6.07 Å². The van der Waals surface area contributed by atoms with Gasteiger partial charge in [0.1, 0.15) is 6.04 Å². The van der Waals surface area contributed by atoms with E-state index in [1.54, 1.807) is 23.1 Å². The van der Waals surface area contributed by atoms with Gasteiger partial charge in [-0.05, 0) is 12.5 Å². The summed E-state index contributed by atoms with van der Waals surface area (Å²) < 4.78 is 0. The Kier molecular flexibility index (Phi) is 2.84. The van der Waals surface area contributed by atoms with Gasteiger partial charge in [-0.3, -0.25) is 4.79 Å². The van der Waals surface area contributed by atoms with Gasteiger partial charge < -0.3 is 4.90 Å². The largest absolute Gasteiger partial charge is 0.318 e. The van der Waals surface area contributed by atoms with Gasteiger partial charge in [-0.2, -0.15) is 5.26 Å². The van der Waals surface area contributed by atoms with Gasteiger partial charge >= 0.3 is 0 Å². The second-order valence-electron chi connectivity index (χ2n) is 3.73. The molecule has 1 unspecified atom stereocenters. The van der Waals surface area contributed by atoms with Crippen molar-refractivity contribution in [2.75, 3.05) is 6.54 Å². The third-order valence-corrected chi connectivity index (χ3v) is 3.03. The molecular formula is C12H11ClN2O. The summed E-state index contributed by atoms with van der Waals surface area (Å²) in [6.45, 7) is 2.56. The lowest BCUT2D eigenvalue weighted by atomic mass is 10.1. The van der Waals surface area contributed by atoms with Gasteiger partial charge in [-0.25, -0.2) is 0 Å². The Hall–Kier alpha value is -1.53. The molecule has 0 aromatic heterocycles. The number of fused-ring (bicyclic) bond motifs is 1. The average molecular weight is 235 g/mol. The van der Waals surface area contributed by atoms with Crippen molar-refractivity contribution in [3.05, 3.63) is 34.3 Å². The molecule has 0 fully saturated rings. The number of halogens is 1. The number of hydrogen-bond acceptors (Lipinski definition) is 2. The first-order chi connectivity index (χ1) is 7.70. The summed E-state index contributed by atoms with van der Waals surface area (Å²) in [6, 6.07) is 6.92. The number of nitriles is 1. The van der Waals surface area contributed by atoms with Crippen molar-refractivity contribution >= 4 is 17.5 Å². The van der Waals surface area contributed by atoms with Crippen molar-refractivity contribution in [1.29, 1.82) is 5.26 Å². The molecule has 82 valence electrons. The fourth-order valence-electron chi connectivity index (χ4n) is 2.03. The molecule has 1 aromatic rings. The van der Waals surface area contributed by atoms with Crippen LogP contribution in [0.2, 0.25) is 5.02 Å². The number of hydrogen-bond donors (Lipinski definition) is 0. The fourth-order valence-corrected chi connectivity index (χ4v) is 2.30. The highest BCUT2D eigenvalue weighted by atomic mass is 35.5. The van der Waals surface area contributed by atoms with Gasteiger partial charge in [0.05, 0.1) is 16.7 Å². The predicted octanol–water partition coefficient (Wildman–Crippen LogP) is 2.77. The van der Waals surface area contributed by atoms with Crippen molar-refractivity contribution in [2.24, 2.45) is 0 Å². The van der Waals surface area contributed by atoms with Crippen molar-refractivity contribution in [3.63, 3.8) is 0 Å². The second-order valence-corrected chi connectivity index (χ2v) is 4.14. The summed E-state index contributed by atoms with van der Waals surface area (Å²) in [5.74, 6) is -0.131. The molecule has 1 amide bonds. The Bertz CT molecular complexity index is 478. The summed E-state index contributed by atoms with van der Waals surface area (Å²) in [4.78, 5) is 13.6. The van der Waals surface area contributed by atoms with E-state index < -0.39 is 6.04 Å². The number of rotatable bonds is 2. The topological polar surface area (TPSA) is 44.1 Å². The van der Waals surface area contributed by atoms with Crippen LogP contribution in [0.15, 0.2) is 18.2 Å². The summed E-state index contributed by atoms with van der Waals surface area (Å²) in [5, 5.41) is 9.56. The van der Waals surface area contributed by atoms with Gasteiger partial charge in [0.15, 0.2) is 0 Å². The van der Waals surface area contributed by atoms with Crippen molar-refractivity contribution in [2.45, 2.75) is 19.4 Å². The Balaban J connectivity index is 2.53. The van der Waals surface area contributed by atoms with E-state index in [4.69, 9.17) is 16.9 Å². The molecule has 1 aliphatic heterocycles. The normalized spacial score (nSPS) is 18.4. The number of amides is 1. The molecule has 0 spiro atoms. The van der Waals surface area contributed by atoms with E-state index >= 15 is 0 Å². The fraction of sp³-hybridized carbons (Fsp3) is 0.333. The van der Waals surface area contributed by atoms with Gasteiger partial charge in [0.25, 0.3) is 5.91 Å². The maximum Gasteiger partial charge on any atom is 0.257 e. The van der Waals surface area contributed by atoms with Crippen LogP contribution >= 0.6 is 11.6 Å². The summed E-state index contributed by atoms with van der Waals surface area (Å²) in [6.07, 6.45) is 0.829. The Labute approximate surface area is 99.2 Å². The van der Waals surface area contributed by atoms with E-state index in [1.165, 1.54) is 0 Å². The molecule has 2 rings (SSSR count). The second kappa shape index (κ2) is 4.15. The number of nitrogens with zero attached hydrogens (tertiary/aromatic N) is 2. The molecule has 4 heteroatoms. The van der Waals surface area contributed by atoms with Gasteiger partial charge in [-0.15, -0.1) is 0 Å². The number of carbonyl (C=O) groups excluding carboxylic acids is 1. The highest BCUT2D eigenvalue weighted by molar-refractivity contribution is 6.34. The summed E-state index contributed by atoms with van der Waals surface area (Å²) in [7, 11) is 0. The highest BCUT2D eigenvalue weighted by Crippen LogP contribution is 2.36. The molecule has 0 N–H and O–H groups in total. The number of benzene rings is 1. The minimum Gasteiger partial charge on any atom is -0.318 e. The van der Waals surface area contributed by atoms with E-state index in [0.29, 0.717) is 17.1 Å². The zero-order valence-electron chi connectivity index (χ0n) is 8.90. The SMILES string of the molecule is CCCN1C(=O)c2c(Cl)cccc2C1C#N. The van der Waals surface area contributed by atoms with E-state index in [-0.39, 0.29) is 5.91 Å². The Morgan fingerprint density at radius 3 is 2.94 bits per heavy atom. The summed E-state index contributed by atoms with van der Waals surface area (Å²) >= 11 is 6.00. The molecule has 1 heterocycles. The van der Waals surface area contributed by atoms with Crippen LogP contribution < -0.4 is 0 Å². The minimum atomic E-state index is -0.485. The molecular weight excluding hydrogens is 224 g/mol. The van der Waals surface area contributed by atoms with E-state index in [1.807, 2.05) is 6.92 Å². The molecule has 3 nitrogen and oxygen atoms in total. The van der Waals surface area contributed by atoms with Crippen molar-refractivity contribution in [1.82, 2.24) is 4.90 Å². The maximum absolute atomic E-state index is 12.1. The molecule has 0 saturated carbocycles. The zero-order chi connectivity index (χ0) is 11.7. The van der Waals surface area contributed by atoms with E-state index in [2.05, 4.69) is 6.07 Å². The lowest BCUT2D eigenvalue weighted by Gasteiger charge is -2.18. The van der Waals surface area contributed by atoms with Gasteiger partial charge in [0, 0.05) is 12.1 Å². The third kappa shape index (κ3) is 1.46. The molecule has 0 aliphatic carbocycles. The zero-order valence-corrected chi connectivity index (χ0v) is 9.66. The minimum absolute atomic E-state index is 0.131. The smallest absolute Gasteiger partial charge is 0.257 e. The van der Waals surface area contributed by atoms with Gasteiger partial charge in [0.2, 0.25) is 0 Å². The number of carbonyl (C=O) groups is 1. The first kappa shape index (κ1) is 11.0. The molecule has 0 radical (unpaired) electrons. The van der Waals surface area contributed by atoms with E-state index in [0.717, 1.165) is 12.0 Å². The average Bonchev–Trinajstić information content (AvgIpc) is 2.54. The van der Waals surface area contributed by atoms with Crippen LogP contribution in [0.25, 0.3) is 0 Å². The first-order valence-electron chi connectivity index (χ1n) is 5.19. The van der Waals surface area contributed by atoms with Crippen LogP contribution in [0, 0.1) is 11.3 Å². The molecule has 0 bridgehead atoms. The monoisotopic (exact) mass is 234 g/mol. The van der Waals surface area contributed by atoms with Crippen LogP contribution in [-0.4, -0.2) is 17.4 Å². The Morgan fingerprint density at radius 2 is 2.31 bits per heavy atom. The standard InChI is InChI=1S/C12H11ClN2O/c1-2-6-15-10(7-14)8-4-3-5-9(13)11(8)12(15)16/h3-5,10H,2,6H2,1H3. The van der Waals surface area contributed by atoms with Crippen LogP contribution in [0.3, 0.4) is 0 Å².